The predicted octanol–water partition coefficient (Wildman–Crippen LogP) is 7.50. The van der Waals surface area contributed by atoms with Gasteiger partial charge in [-0.3, -0.25) is 9.13 Å². The Hall–Kier alpha value is -1.61. The van der Waals surface area contributed by atoms with Crippen molar-refractivity contribution in [2.45, 2.75) is 46.0 Å². The summed E-state index contributed by atoms with van der Waals surface area (Å²) in [4.78, 5) is 8.95. The van der Waals surface area contributed by atoms with Gasteiger partial charge in [-0.05, 0) is 91.7 Å². The van der Waals surface area contributed by atoms with Crippen molar-refractivity contribution >= 4 is 101 Å². The summed E-state index contributed by atoms with van der Waals surface area (Å²) in [6.45, 7) is 12.6. The van der Waals surface area contributed by atoms with E-state index in [4.69, 9.17) is 22.2 Å². The Balaban J connectivity index is 0.000000191. The minimum absolute atomic E-state index is 0. The maximum atomic E-state index is 5.43. The smallest absolute Gasteiger partial charge is 0.343 e. The monoisotopic (exact) mass is 792 g/mol. The van der Waals surface area contributed by atoms with Crippen LogP contribution >= 0.6 is 54.0 Å². The van der Waals surface area contributed by atoms with E-state index in [0.29, 0.717) is 0 Å². The van der Waals surface area contributed by atoms with Gasteiger partial charge in [-0.15, -0.1) is 22.2 Å². The molecule has 0 unspecified atom stereocenters. The summed E-state index contributed by atoms with van der Waals surface area (Å²) >= 11 is 18.0. The second kappa shape index (κ2) is 16.5. The van der Waals surface area contributed by atoms with Gasteiger partial charge in [0, 0.05) is 14.6 Å². The van der Waals surface area contributed by atoms with Gasteiger partial charge in [-0.2, -0.15) is 6.42 Å². The summed E-state index contributed by atoms with van der Waals surface area (Å²) in [5.74, 6) is 0. The molecule has 7 rings (SSSR count). The summed E-state index contributed by atoms with van der Waals surface area (Å²) in [5, 5.41) is 3.00. The average Bonchev–Trinajstić information content (AvgIpc) is 3.62. The van der Waals surface area contributed by atoms with Crippen molar-refractivity contribution in [2.24, 2.45) is 0 Å². The van der Waals surface area contributed by atoms with Crippen LogP contribution in [0.4, 0.5) is 0 Å². The van der Waals surface area contributed by atoms with Crippen LogP contribution in [0.2, 0.25) is 26.2 Å². The van der Waals surface area contributed by atoms with Gasteiger partial charge in [0.25, 0.3) is 0 Å². The van der Waals surface area contributed by atoms with E-state index in [1.165, 1.54) is 28.0 Å². The van der Waals surface area contributed by atoms with E-state index in [9.17, 15) is 0 Å². The van der Waals surface area contributed by atoms with Gasteiger partial charge < -0.3 is 6.92 Å². The molecule has 0 N–H and O–H groups in total. The quantitative estimate of drug-likeness (QED) is 0.104. The molecule has 0 saturated carbocycles. The van der Waals surface area contributed by atoms with Gasteiger partial charge in [0.1, 0.15) is 20.7 Å². The molecule has 3 heterocycles. The van der Waals surface area contributed by atoms with Crippen LogP contribution in [0.5, 0.6) is 0 Å². The van der Waals surface area contributed by atoms with Crippen LogP contribution in [0.1, 0.15) is 19.8 Å². The van der Waals surface area contributed by atoms with E-state index in [-0.39, 0.29) is 18.9 Å². The fraction of sp³-hybridized carbons (Fsp3) is 0.206. The third-order valence-electron chi connectivity index (χ3n) is 7.06. The Morgan fingerprint density at radius 1 is 0.711 bits per heavy atom. The molecular weight excluding hydrogens is 758 g/mol. The average molecular weight is 796 g/mol. The summed E-state index contributed by atoms with van der Waals surface area (Å²) in [6, 6.07) is 29.4. The minimum Gasteiger partial charge on any atom is -0.343 e. The molecule has 1 aliphatic heterocycles. The summed E-state index contributed by atoms with van der Waals surface area (Å²) in [5.41, 5.74) is 6.89. The molecule has 0 fully saturated rings. The zero-order valence-corrected chi connectivity index (χ0v) is 33.3. The van der Waals surface area contributed by atoms with Gasteiger partial charge >= 0.3 is 18.9 Å². The number of benzene rings is 4. The van der Waals surface area contributed by atoms with Crippen LogP contribution in [-0.2, 0) is 0 Å². The number of fused-ring (bicyclic) bond motifs is 3. The number of hydrogen-bond acceptors (Lipinski definition) is 2. The molecule has 4 aromatic carbocycles. The number of rotatable bonds is 2. The standard InChI is InChI=1S/C15H14N2Si.C13H8Br2N2.C4H9.C2H6Cl2Si.Li/c1-18(2)13-8-4-3-7-12(13)17-10-16-11-6-5-9-14(18)15(11)17;14-9-4-1-2-7-12(9)17-8-16-11-6-3-5-10(15)13(11)17;1-3-4-2;1-5(2,3)4;/h3-10H,1-2H3;1-8H;1,3-4H2,2H3;1-2H3;/q;;-1;;+1. The number of nitrogens with zero attached hydrogens (tertiary/aromatic N) is 4. The maximum Gasteiger partial charge on any atom is 1.00 e. The van der Waals surface area contributed by atoms with Crippen LogP contribution in [0.3, 0.4) is 0 Å². The van der Waals surface area contributed by atoms with Crippen molar-refractivity contribution < 1.29 is 18.9 Å². The number of halogens is 4. The topological polar surface area (TPSA) is 35.6 Å². The number of imidazole rings is 2. The van der Waals surface area contributed by atoms with E-state index in [2.05, 4.69) is 126 Å². The number of hydrogen-bond donors (Lipinski definition) is 0. The molecule has 2 aromatic heterocycles. The molecule has 45 heavy (non-hydrogen) atoms. The van der Waals surface area contributed by atoms with Gasteiger partial charge in [0.2, 0.25) is 6.69 Å². The fourth-order valence-electron chi connectivity index (χ4n) is 4.96. The summed E-state index contributed by atoms with van der Waals surface area (Å²) in [6.07, 6.45) is 6.08. The number of para-hydroxylation sites is 4. The molecule has 0 atom stereocenters. The van der Waals surface area contributed by atoms with Crippen molar-refractivity contribution in [3.8, 4) is 11.4 Å². The Labute approximate surface area is 307 Å². The van der Waals surface area contributed by atoms with E-state index in [1.54, 1.807) is 0 Å². The normalized spacial score (nSPS) is 12.4. The molecule has 0 spiro atoms. The minimum atomic E-state index is -1.67. The Kier molecular flexibility index (Phi) is 13.9. The van der Waals surface area contributed by atoms with Crippen molar-refractivity contribution in [1.29, 1.82) is 0 Å². The molecule has 0 radical (unpaired) electrons. The molecular formula is C34H37Br2Cl2LiN4Si2. The molecule has 230 valence electrons. The van der Waals surface area contributed by atoms with Crippen LogP contribution in [-0.4, -0.2) is 33.9 Å². The van der Waals surface area contributed by atoms with Gasteiger partial charge in [0.05, 0.1) is 27.8 Å². The predicted molar refractivity (Wildman–Crippen MR) is 204 cm³/mol. The van der Waals surface area contributed by atoms with Gasteiger partial charge in [-0.1, -0.05) is 75.0 Å². The first kappa shape index (κ1) is 37.8. The maximum absolute atomic E-state index is 5.43. The van der Waals surface area contributed by atoms with Crippen molar-refractivity contribution in [2.75, 3.05) is 0 Å². The van der Waals surface area contributed by atoms with E-state index in [1.807, 2.05) is 62.1 Å². The first-order valence-corrected chi connectivity index (χ1v) is 24.1. The second-order valence-electron chi connectivity index (χ2n) is 11.3. The van der Waals surface area contributed by atoms with Gasteiger partial charge in [-0.25, -0.2) is 9.97 Å². The Bertz CT molecular complexity index is 1860. The largest absolute Gasteiger partial charge is 1.00 e. The summed E-state index contributed by atoms with van der Waals surface area (Å²) in [7, 11) is -1.59. The number of aromatic nitrogens is 4. The zero-order valence-electron chi connectivity index (χ0n) is 26.7. The SMILES string of the molecule is Brc1ccccc1-n1cnc2cccc(Br)c21.C[Si](C)(Cl)Cl.C[Si]1(C)c2ccccc2-n2cnc3cccc1c32.[CH2-]CCC.[Li+]. The second-order valence-corrected chi connectivity index (χ2v) is 26.2. The molecule has 1 aliphatic rings. The molecule has 0 amide bonds. The first-order chi connectivity index (χ1) is 20.9. The summed E-state index contributed by atoms with van der Waals surface area (Å²) < 4.78 is 6.42. The third kappa shape index (κ3) is 9.06. The van der Waals surface area contributed by atoms with E-state index in [0.717, 1.165) is 37.6 Å². The van der Waals surface area contributed by atoms with Crippen LogP contribution < -0.4 is 29.2 Å². The first-order valence-electron chi connectivity index (χ1n) is 14.5. The molecule has 0 aliphatic carbocycles. The Morgan fingerprint density at radius 3 is 1.73 bits per heavy atom. The van der Waals surface area contributed by atoms with Crippen molar-refractivity contribution in [1.82, 2.24) is 19.1 Å². The van der Waals surface area contributed by atoms with Crippen molar-refractivity contribution in [3.05, 3.63) is 113 Å². The van der Waals surface area contributed by atoms with Gasteiger partial charge in [0.15, 0.2) is 0 Å². The zero-order chi connectivity index (χ0) is 32.1. The molecule has 0 saturated heterocycles. The van der Waals surface area contributed by atoms with E-state index >= 15 is 0 Å². The Morgan fingerprint density at radius 2 is 1.16 bits per heavy atom. The van der Waals surface area contributed by atoms with Crippen molar-refractivity contribution in [3.63, 3.8) is 0 Å². The molecule has 6 aromatic rings. The third-order valence-corrected chi connectivity index (χ3v) is 11.9. The van der Waals surface area contributed by atoms with Crippen LogP contribution in [0.25, 0.3) is 33.4 Å². The number of unbranched alkanes of at least 4 members (excludes halogenated alkanes) is 1. The van der Waals surface area contributed by atoms with Crippen LogP contribution in [0, 0.1) is 6.92 Å². The fourth-order valence-corrected chi connectivity index (χ4v) is 8.99. The van der Waals surface area contributed by atoms with E-state index < -0.39 is 14.8 Å². The molecule has 4 nitrogen and oxygen atoms in total. The molecule has 11 heteroatoms. The van der Waals surface area contributed by atoms with Crippen LogP contribution in [0.15, 0.2) is 107 Å². The molecule has 0 bridgehead atoms.